The standard InChI is InChI=1S/C12H12Br2O3S/c1-3-4-15-5-12(2)6-16-8-9(17-7-12)11(14)18-10(8)13/h1H,4-7H2,2H3. The molecule has 1 aliphatic rings. The highest BCUT2D eigenvalue weighted by atomic mass is 79.9. The maximum Gasteiger partial charge on any atom is 0.187 e. The fourth-order valence-corrected chi connectivity index (χ4v) is 4.43. The van der Waals surface area contributed by atoms with Crippen LogP contribution in [0.4, 0.5) is 0 Å². The SMILES string of the molecule is C#CCOCC1(C)COc2c(Br)sc(Br)c2OC1. The zero-order valence-electron chi connectivity index (χ0n) is 9.79. The molecule has 0 radical (unpaired) electrons. The fourth-order valence-electron chi connectivity index (χ4n) is 1.57. The van der Waals surface area contributed by atoms with E-state index in [1.165, 1.54) is 0 Å². The molecule has 0 saturated carbocycles. The number of rotatable bonds is 3. The smallest absolute Gasteiger partial charge is 0.187 e. The van der Waals surface area contributed by atoms with Gasteiger partial charge in [0.2, 0.25) is 0 Å². The molecule has 1 aliphatic heterocycles. The first kappa shape index (κ1) is 14.2. The average molecular weight is 396 g/mol. The molecule has 18 heavy (non-hydrogen) atoms. The van der Waals surface area contributed by atoms with E-state index in [1.54, 1.807) is 11.3 Å². The lowest BCUT2D eigenvalue weighted by Crippen LogP contribution is -2.35. The van der Waals surface area contributed by atoms with Gasteiger partial charge in [-0.15, -0.1) is 17.8 Å². The van der Waals surface area contributed by atoms with Crippen LogP contribution in [-0.2, 0) is 4.74 Å². The maximum atomic E-state index is 5.82. The molecule has 0 N–H and O–H groups in total. The first-order chi connectivity index (χ1) is 8.56. The highest BCUT2D eigenvalue weighted by Crippen LogP contribution is 2.50. The Kier molecular flexibility index (Phi) is 4.59. The second-order valence-electron chi connectivity index (χ2n) is 4.39. The van der Waals surface area contributed by atoms with Crippen LogP contribution < -0.4 is 9.47 Å². The molecule has 0 atom stereocenters. The number of hydrogen-bond acceptors (Lipinski definition) is 4. The van der Waals surface area contributed by atoms with E-state index in [0.717, 1.165) is 19.1 Å². The summed E-state index contributed by atoms with van der Waals surface area (Å²) in [5.41, 5.74) is -0.202. The molecule has 1 aromatic heterocycles. The van der Waals surface area contributed by atoms with Crippen LogP contribution >= 0.6 is 43.2 Å². The predicted molar refractivity (Wildman–Crippen MR) is 78.5 cm³/mol. The molecule has 0 saturated heterocycles. The topological polar surface area (TPSA) is 27.7 Å². The van der Waals surface area contributed by atoms with Crippen LogP contribution in [0.5, 0.6) is 11.5 Å². The van der Waals surface area contributed by atoms with Crippen LogP contribution in [0.15, 0.2) is 7.57 Å². The summed E-state index contributed by atoms with van der Waals surface area (Å²) in [6.07, 6.45) is 5.16. The summed E-state index contributed by atoms with van der Waals surface area (Å²) < 4.78 is 18.9. The lowest BCUT2D eigenvalue weighted by molar-refractivity contribution is 0.0185. The Morgan fingerprint density at radius 1 is 1.33 bits per heavy atom. The average Bonchev–Trinajstić information content (AvgIpc) is 2.48. The van der Waals surface area contributed by atoms with Crippen LogP contribution in [0.1, 0.15) is 6.92 Å². The van der Waals surface area contributed by atoms with Gasteiger partial charge in [-0.25, -0.2) is 0 Å². The molecule has 0 unspecified atom stereocenters. The lowest BCUT2D eigenvalue weighted by Gasteiger charge is -2.25. The summed E-state index contributed by atoms with van der Waals surface area (Å²) in [5.74, 6) is 3.97. The largest absolute Gasteiger partial charge is 0.487 e. The van der Waals surface area contributed by atoms with Crippen LogP contribution in [0, 0.1) is 17.8 Å². The Morgan fingerprint density at radius 3 is 2.39 bits per heavy atom. The van der Waals surface area contributed by atoms with Gasteiger partial charge in [-0.05, 0) is 31.9 Å². The fraction of sp³-hybridized carbons (Fsp3) is 0.500. The number of terminal acetylenes is 1. The predicted octanol–water partition coefficient (Wildman–Crippen LogP) is 3.70. The number of thiophene rings is 1. The molecule has 6 heteroatoms. The van der Waals surface area contributed by atoms with Crippen molar-refractivity contribution in [2.45, 2.75) is 6.92 Å². The van der Waals surface area contributed by atoms with E-state index in [9.17, 15) is 0 Å². The molecule has 0 aliphatic carbocycles. The van der Waals surface area contributed by atoms with Crippen LogP contribution in [-0.4, -0.2) is 26.4 Å². The molecular weight excluding hydrogens is 384 g/mol. The van der Waals surface area contributed by atoms with Crippen molar-refractivity contribution in [3.05, 3.63) is 7.57 Å². The van der Waals surface area contributed by atoms with Crippen molar-refractivity contribution >= 4 is 43.2 Å². The van der Waals surface area contributed by atoms with Crippen molar-refractivity contribution in [2.24, 2.45) is 5.41 Å². The van der Waals surface area contributed by atoms with Crippen LogP contribution in [0.2, 0.25) is 0 Å². The number of hydrogen-bond donors (Lipinski definition) is 0. The summed E-state index contributed by atoms with van der Waals surface area (Å²) in [6.45, 7) is 3.95. The van der Waals surface area contributed by atoms with Gasteiger partial charge in [0.1, 0.15) is 14.2 Å². The summed E-state index contributed by atoms with van der Waals surface area (Å²) in [5, 5.41) is 0. The van der Waals surface area contributed by atoms with Crippen molar-refractivity contribution in [1.29, 1.82) is 0 Å². The molecule has 98 valence electrons. The minimum Gasteiger partial charge on any atom is -0.487 e. The van der Waals surface area contributed by atoms with Crippen molar-refractivity contribution in [1.82, 2.24) is 0 Å². The van der Waals surface area contributed by atoms with Gasteiger partial charge in [0.05, 0.1) is 25.2 Å². The highest BCUT2D eigenvalue weighted by Gasteiger charge is 2.33. The molecule has 1 aromatic rings. The van der Waals surface area contributed by atoms with E-state index >= 15 is 0 Å². The third-order valence-electron chi connectivity index (χ3n) is 2.51. The van der Waals surface area contributed by atoms with Gasteiger partial charge in [0.25, 0.3) is 0 Å². The van der Waals surface area contributed by atoms with E-state index in [2.05, 4.69) is 44.7 Å². The Balaban J connectivity index is 2.07. The second kappa shape index (κ2) is 5.83. The summed E-state index contributed by atoms with van der Waals surface area (Å²) >= 11 is 8.47. The van der Waals surface area contributed by atoms with E-state index in [4.69, 9.17) is 20.6 Å². The first-order valence-electron chi connectivity index (χ1n) is 5.30. The van der Waals surface area contributed by atoms with Gasteiger partial charge in [-0.2, -0.15) is 0 Å². The molecule has 2 rings (SSSR count). The highest BCUT2D eigenvalue weighted by molar-refractivity contribution is 9.12. The molecule has 0 spiro atoms. The Hall–Kier alpha value is -0.220. The minimum atomic E-state index is -0.202. The van der Waals surface area contributed by atoms with E-state index in [-0.39, 0.29) is 5.41 Å². The van der Waals surface area contributed by atoms with Crippen molar-refractivity contribution in [3.8, 4) is 23.8 Å². The van der Waals surface area contributed by atoms with Gasteiger partial charge >= 0.3 is 0 Å². The molecule has 0 aromatic carbocycles. The summed E-state index contributed by atoms with van der Waals surface area (Å²) in [4.78, 5) is 0. The second-order valence-corrected chi connectivity index (χ2v) is 8.05. The minimum absolute atomic E-state index is 0.202. The Morgan fingerprint density at radius 2 is 1.89 bits per heavy atom. The molecule has 0 bridgehead atoms. The van der Waals surface area contributed by atoms with Gasteiger partial charge < -0.3 is 14.2 Å². The molecular formula is C12H12Br2O3S. The number of ether oxygens (including phenoxy) is 3. The third-order valence-corrected chi connectivity index (χ3v) is 4.93. The summed E-state index contributed by atoms with van der Waals surface area (Å²) in [7, 11) is 0. The van der Waals surface area contributed by atoms with Gasteiger partial charge in [-0.3, -0.25) is 0 Å². The monoisotopic (exact) mass is 394 g/mol. The Labute approximate surface area is 127 Å². The van der Waals surface area contributed by atoms with E-state index in [1.807, 2.05) is 0 Å². The molecule has 2 heterocycles. The van der Waals surface area contributed by atoms with Gasteiger partial charge in [-0.1, -0.05) is 12.8 Å². The quantitative estimate of drug-likeness (QED) is 0.576. The molecule has 0 fully saturated rings. The van der Waals surface area contributed by atoms with Crippen LogP contribution in [0.25, 0.3) is 0 Å². The molecule has 3 nitrogen and oxygen atoms in total. The van der Waals surface area contributed by atoms with Crippen molar-refractivity contribution in [2.75, 3.05) is 26.4 Å². The van der Waals surface area contributed by atoms with Crippen LogP contribution in [0.3, 0.4) is 0 Å². The van der Waals surface area contributed by atoms with Crippen molar-refractivity contribution in [3.63, 3.8) is 0 Å². The maximum absolute atomic E-state index is 5.82. The first-order valence-corrected chi connectivity index (χ1v) is 7.70. The number of fused-ring (bicyclic) bond motifs is 1. The zero-order chi connectivity index (χ0) is 13.2. The number of halogens is 2. The molecule has 0 amide bonds. The Bertz CT molecular complexity index is 450. The van der Waals surface area contributed by atoms with Gasteiger partial charge in [0.15, 0.2) is 11.5 Å². The lowest BCUT2D eigenvalue weighted by atomic mass is 9.94. The van der Waals surface area contributed by atoms with E-state index in [0.29, 0.717) is 26.4 Å². The van der Waals surface area contributed by atoms with Gasteiger partial charge in [0, 0.05) is 0 Å². The summed E-state index contributed by atoms with van der Waals surface area (Å²) in [6, 6.07) is 0. The zero-order valence-corrected chi connectivity index (χ0v) is 13.8. The van der Waals surface area contributed by atoms with Crippen molar-refractivity contribution < 1.29 is 14.2 Å². The third kappa shape index (κ3) is 3.02. The normalized spacial score (nSPS) is 17.0. The van der Waals surface area contributed by atoms with E-state index < -0.39 is 0 Å².